The van der Waals surface area contributed by atoms with Gasteiger partial charge in [-0.15, -0.1) is 23.1 Å². The van der Waals surface area contributed by atoms with E-state index in [0.717, 1.165) is 28.0 Å². The first kappa shape index (κ1) is 26.9. The zero-order valence-electron chi connectivity index (χ0n) is 19.9. The van der Waals surface area contributed by atoms with Crippen molar-refractivity contribution in [1.29, 1.82) is 0 Å². The van der Waals surface area contributed by atoms with Crippen LogP contribution in [-0.2, 0) is 30.6 Å². The zero-order valence-corrected chi connectivity index (χ0v) is 21.5. The summed E-state index contributed by atoms with van der Waals surface area (Å²) in [6, 6.07) is 4.39. The van der Waals surface area contributed by atoms with Crippen molar-refractivity contribution in [3.05, 3.63) is 62.5 Å². The SMILES string of the molecule is CCCO/N=C(/C(=O)NC1C(=O)N2C(C(=O)OCc3ccc([N+](=O)[O-])cc3)=C(O)CSC12)c1csc(N)n1. The Morgan fingerprint density at radius 2 is 2.11 bits per heavy atom. The molecule has 0 bridgehead atoms. The Labute approximate surface area is 223 Å². The summed E-state index contributed by atoms with van der Waals surface area (Å²) < 4.78 is 5.24. The number of nitro groups is 1. The number of esters is 1. The molecule has 3 heterocycles. The van der Waals surface area contributed by atoms with Gasteiger partial charge in [-0.2, -0.15) is 0 Å². The number of carbonyl (C=O) groups excluding carboxylic acids is 3. The van der Waals surface area contributed by atoms with Gasteiger partial charge in [0.15, 0.2) is 16.5 Å². The van der Waals surface area contributed by atoms with Crippen LogP contribution in [0.15, 0.2) is 46.3 Å². The summed E-state index contributed by atoms with van der Waals surface area (Å²) in [5.41, 5.74) is 5.75. The number of carbonyl (C=O) groups is 3. The highest BCUT2D eigenvalue weighted by atomic mass is 32.2. The monoisotopic (exact) mass is 562 g/mol. The van der Waals surface area contributed by atoms with E-state index in [1.165, 1.54) is 29.6 Å². The number of non-ortho nitro benzene ring substituents is 1. The standard InChI is InChI=1S/C22H22N6O8S2/c1-2-7-36-26-15(13-9-38-22(23)24-13)18(30)25-16-19(31)27-17(14(29)10-37-20(16)27)21(32)35-8-11-3-5-12(6-4-11)28(33)34/h3-6,9,16,20,29H,2,7-8,10H2,1H3,(H2,23,24)(H,25,30)/b26-15+. The van der Waals surface area contributed by atoms with E-state index in [-0.39, 0.29) is 52.6 Å². The number of nitrogens with one attached hydrogen (secondary N) is 1. The number of nitrogens with zero attached hydrogens (tertiary/aromatic N) is 4. The number of aliphatic hydroxyl groups is 1. The van der Waals surface area contributed by atoms with E-state index in [9.17, 15) is 29.6 Å². The Morgan fingerprint density at radius 1 is 1.37 bits per heavy atom. The van der Waals surface area contributed by atoms with Gasteiger partial charge in [0.1, 0.15) is 36.1 Å². The van der Waals surface area contributed by atoms with E-state index >= 15 is 0 Å². The maximum Gasteiger partial charge on any atom is 0.358 e. The van der Waals surface area contributed by atoms with Gasteiger partial charge in [0.25, 0.3) is 17.5 Å². The van der Waals surface area contributed by atoms with Crippen molar-refractivity contribution in [2.75, 3.05) is 18.1 Å². The predicted octanol–water partition coefficient (Wildman–Crippen LogP) is 1.68. The molecule has 0 aliphatic carbocycles. The summed E-state index contributed by atoms with van der Waals surface area (Å²) in [6.45, 7) is 1.90. The molecule has 2 aromatic rings. The second-order valence-electron chi connectivity index (χ2n) is 8.00. The lowest BCUT2D eigenvalue weighted by atomic mass is 10.0. The number of ether oxygens (including phenoxy) is 1. The van der Waals surface area contributed by atoms with Gasteiger partial charge in [-0.1, -0.05) is 12.1 Å². The molecule has 0 spiro atoms. The van der Waals surface area contributed by atoms with E-state index < -0.39 is 34.1 Å². The second-order valence-corrected chi connectivity index (χ2v) is 9.99. The summed E-state index contributed by atoms with van der Waals surface area (Å²) in [7, 11) is 0. The van der Waals surface area contributed by atoms with Crippen molar-refractivity contribution >= 4 is 57.4 Å². The molecule has 16 heteroatoms. The fourth-order valence-electron chi connectivity index (χ4n) is 3.54. The molecule has 1 aromatic carbocycles. The third kappa shape index (κ3) is 5.55. The van der Waals surface area contributed by atoms with Crippen molar-refractivity contribution in [1.82, 2.24) is 15.2 Å². The van der Waals surface area contributed by atoms with Gasteiger partial charge in [0.2, 0.25) is 0 Å². The molecule has 1 saturated heterocycles. The zero-order chi connectivity index (χ0) is 27.4. The van der Waals surface area contributed by atoms with Gasteiger partial charge >= 0.3 is 5.97 Å². The van der Waals surface area contributed by atoms with Crippen LogP contribution in [0.4, 0.5) is 10.8 Å². The number of hydrogen-bond acceptors (Lipinski definition) is 13. The number of aliphatic hydroxyl groups excluding tert-OH is 1. The highest BCUT2D eigenvalue weighted by molar-refractivity contribution is 8.00. The van der Waals surface area contributed by atoms with Gasteiger partial charge in [0.05, 0.1) is 10.7 Å². The Hall–Kier alpha value is -4.18. The van der Waals surface area contributed by atoms with Crippen LogP contribution in [0, 0.1) is 10.1 Å². The Balaban J connectivity index is 1.43. The average molecular weight is 563 g/mol. The van der Waals surface area contributed by atoms with Crippen LogP contribution in [0.3, 0.4) is 0 Å². The van der Waals surface area contributed by atoms with E-state index in [1.54, 1.807) is 0 Å². The minimum absolute atomic E-state index is 0.00591. The molecule has 200 valence electrons. The molecule has 1 fully saturated rings. The molecule has 14 nitrogen and oxygen atoms in total. The maximum atomic E-state index is 13.0. The fraction of sp³-hybridized carbons (Fsp3) is 0.318. The third-order valence-corrected chi connectivity index (χ3v) is 7.31. The first-order chi connectivity index (χ1) is 18.2. The molecule has 0 saturated carbocycles. The number of rotatable bonds is 10. The van der Waals surface area contributed by atoms with E-state index in [2.05, 4.69) is 15.5 Å². The van der Waals surface area contributed by atoms with E-state index in [4.69, 9.17) is 15.3 Å². The Bertz CT molecular complexity index is 1330. The van der Waals surface area contributed by atoms with Gasteiger partial charge in [-0.3, -0.25) is 24.6 Å². The Morgan fingerprint density at radius 3 is 2.74 bits per heavy atom. The number of anilines is 1. The van der Waals surface area contributed by atoms with Crippen molar-refractivity contribution < 1.29 is 34.0 Å². The van der Waals surface area contributed by atoms with Crippen molar-refractivity contribution in [3.8, 4) is 0 Å². The fourth-order valence-corrected chi connectivity index (χ4v) is 5.28. The third-order valence-electron chi connectivity index (χ3n) is 5.38. The largest absolute Gasteiger partial charge is 0.509 e. The van der Waals surface area contributed by atoms with Crippen LogP contribution < -0.4 is 11.1 Å². The van der Waals surface area contributed by atoms with Crippen LogP contribution in [0.2, 0.25) is 0 Å². The number of thiazole rings is 1. The van der Waals surface area contributed by atoms with E-state index in [1.807, 2.05) is 6.92 Å². The van der Waals surface area contributed by atoms with Gasteiger partial charge < -0.3 is 25.7 Å². The number of oxime groups is 1. The number of thioether (sulfide) groups is 1. The predicted molar refractivity (Wildman–Crippen MR) is 137 cm³/mol. The topological polar surface area (TPSA) is 200 Å². The lowest BCUT2D eigenvalue weighted by molar-refractivity contribution is -0.384. The minimum atomic E-state index is -1.01. The molecule has 2 aliphatic rings. The van der Waals surface area contributed by atoms with Crippen molar-refractivity contribution in [2.24, 2.45) is 5.16 Å². The number of amides is 2. The number of nitro benzene ring substituents is 1. The molecule has 2 aliphatic heterocycles. The van der Waals surface area contributed by atoms with Gasteiger partial charge in [0, 0.05) is 17.5 Å². The molecule has 1 aromatic heterocycles. The highest BCUT2D eigenvalue weighted by Gasteiger charge is 2.55. The summed E-state index contributed by atoms with van der Waals surface area (Å²) >= 11 is 2.27. The van der Waals surface area contributed by atoms with Gasteiger partial charge in [-0.05, 0) is 24.1 Å². The van der Waals surface area contributed by atoms with E-state index in [0.29, 0.717) is 12.0 Å². The molecule has 2 atom stereocenters. The van der Waals surface area contributed by atoms with Gasteiger partial charge in [-0.25, -0.2) is 9.78 Å². The highest BCUT2D eigenvalue weighted by Crippen LogP contribution is 2.40. The average Bonchev–Trinajstić information content (AvgIpc) is 3.33. The lowest BCUT2D eigenvalue weighted by Crippen LogP contribution is -2.71. The number of aromatic nitrogens is 1. The normalized spacial score (nSPS) is 18.9. The molecular weight excluding hydrogens is 540 g/mol. The smallest absolute Gasteiger partial charge is 0.358 e. The Kier molecular flexibility index (Phi) is 8.11. The number of nitrogen functional groups attached to an aromatic ring is 1. The molecule has 2 unspecified atom stereocenters. The molecule has 2 amide bonds. The van der Waals surface area contributed by atoms with Crippen LogP contribution in [0.5, 0.6) is 0 Å². The van der Waals surface area contributed by atoms with Crippen LogP contribution in [0.1, 0.15) is 24.6 Å². The number of benzene rings is 1. The first-order valence-electron chi connectivity index (χ1n) is 11.2. The number of hydrogen-bond donors (Lipinski definition) is 3. The van der Waals surface area contributed by atoms with Crippen LogP contribution >= 0.6 is 23.1 Å². The number of nitrogens with two attached hydrogens (primary N) is 1. The minimum Gasteiger partial charge on any atom is -0.509 e. The molecule has 4 N–H and O–H groups in total. The molecular formula is C22H22N6O8S2. The number of fused-ring (bicyclic) bond motifs is 1. The summed E-state index contributed by atoms with van der Waals surface area (Å²) in [4.78, 5) is 59.3. The summed E-state index contributed by atoms with van der Waals surface area (Å²) in [5, 5.41) is 28.7. The second kappa shape index (κ2) is 11.5. The van der Waals surface area contributed by atoms with Crippen molar-refractivity contribution in [2.45, 2.75) is 31.4 Å². The lowest BCUT2D eigenvalue weighted by Gasteiger charge is -2.48. The summed E-state index contributed by atoms with van der Waals surface area (Å²) in [6.07, 6.45) is 0.658. The van der Waals surface area contributed by atoms with Crippen LogP contribution in [-0.4, -0.2) is 67.2 Å². The molecule has 38 heavy (non-hydrogen) atoms. The molecule has 4 rings (SSSR count). The maximum absolute atomic E-state index is 13.0. The molecule has 0 radical (unpaired) electrons. The number of β-lactam (4-membered cyclic amide) rings is 1. The van der Waals surface area contributed by atoms with Crippen molar-refractivity contribution in [3.63, 3.8) is 0 Å². The summed E-state index contributed by atoms with van der Waals surface area (Å²) in [5.74, 6) is -2.63. The first-order valence-corrected chi connectivity index (χ1v) is 13.1. The quantitative estimate of drug-likeness (QED) is 0.0950. The van der Waals surface area contributed by atoms with Crippen LogP contribution in [0.25, 0.3) is 0 Å².